The lowest BCUT2D eigenvalue weighted by Gasteiger charge is -2.57. The Morgan fingerprint density at radius 1 is 1.07 bits per heavy atom. The minimum atomic E-state index is -0.273. The molecule has 3 heteroatoms. The van der Waals surface area contributed by atoms with Crippen LogP contribution in [-0.2, 0) is 10.2 Å². The van der Waals surface area contributed by atoms with Gasteiger partial charge in [0.15, 0.2) is 0 Å². The van der Waals surface area contributed by atoms with E-state index in [1.54, 1.807) is 0 Å². The van der Waals surface area contributed by atoms with Crippen molar-refractivity contribution >= 4 is 5.91 Å². The van der Waals surface area contributed by atoms with Crippen molar-refractivity contribution in [2.45, 2.75) is 78.2 Å². The smallest absolute Gasteiger partial charge is 0.228 e. The number of fused-ring (bicyclic) bond motifs is 2. The molecule has 2 N–H and O–H groups in total. The molecule has 6 unspecified atom stereocenters. The summed E-state index contributed by atoms with van der Waals surface area (Å²) < 4.78 is 0. The first kappa shape index (κ1) is 20.9. The number of piperidine rings is 1. The fourth-order valence-electron chi connectivity index (χ4n) is 7.06. The van der Waals surface area contributed by atoms with Crippen LogP contribution in [0.3, 0.4) is 0 Å². The minimum Gasteiger partial charge on any atom is -0.342 e. The molecule has 2 bridgehead atoms. The Morgan fingerprint density at radius 3 is 2.41 bits per heavy atom. The fourth-order valence-corrected chi connectivity index (χ4v) is 7.06. The van der Waals surface area contributed by atoms with E-state index in [-0.39, 0.29) is 22.3 Å². The SMILES string of the molecule is CC1CC2(c3ccccc3)CC(CC(C)(C(=O)N3CCC(N)C(C)(C)C3)C2)C1C. The average Bonchev–Trinajstić information content (AvgIpc) is 2.68. The van der Waals surface area contributed by atoms with Gasteiger partial charge in [0, 0.05) is 24.5 Å². The maximum absolute atomic E-state index is 13.9. The van der Waals surface area contributed by atoms with Crippen LogP contribution in [0.2, 0.25) is 0 Å². The molecular weight excluding hydrogens is 356 g/mol. The normalized spacial score (nSPS) is 41.8. The van der Waals surface area contributed by atoms with Crippen molar-refractivity contribution in [3.05, 3.63) is 35.9 Å². The van der Waals surface area contributed by atoms with Gasteiger partial charge in [-0.1, -0.05) is 65.0 Å². The second-order valence-corrected chi connectivity index (χ2v) is 11.7. The van der Waals surface area contributed by atoms with Crippen LogP contribution in [0.15, 0.2) is 30.3 Å². The Bertz CT molecular complexity index is 755. The summed E-state index contributed by atoms with van der Waals surface area (Å²) in [5.74, 6) is 2.40. The standard InChI is InChI=1S/C26H40N2O/c1-18-13-26(21-9-7-6-8-10-21)15-20(19(18)2)14-25(5,16-26)23(29)28-12-11-22(27)24(3,4)17-28/h6-10,18-20,22H,11-17,27H2,1-5H3. The van der Waals surface area contributed by atoms with Crippen LogP contribution in [0, 0.1) is 28.6 Å². The monoisotopic (exact) mass is 396 g/mol. The molecule has 1 aliphatic heterocycles. The van der Waals surface area contributed by atoms with Gasteiger partial charge in [-0.15, -0.1) is 0 Å². The van der Waals surface area contributed by atoms with Crippen LogP contribution in [-0.4, -0.2) is 29.9 Å². The number of nitrogens with two attached hydrogens (primary N) is 1. The Hall–Kier alpha value is -1.35. The van der Waals surface area contributed by atoms with Crippen LogP contribution in [0.25, 0.3) is 0 Å². The highest BCUT2D eigenvalue weighted by molar-refractivity contribution is 5.83. The van der Waals surface area contributed by atoms with Crippen molar-refractivity contribution < 1.29 is 4.79 Å². The topological polar surface area (TPSA) is 46.3 Å². The second-order valence-electron chi connectivity index (χ2n) is 11.7. The summed E-state index contributed by atoms with van der Waals surface area (Å²) in [6, 6.07) is 11.2. The summed E-state index contributed by atoms with van der Waals surface area (Å²) >= 11 is 0. The van der Waals surface area contributed by atoms with E-state index in [1.807, 2.05) is 0 Å². The first-order valence-electron chi connectivity index (χ1n) is 11.7. The summed E-state index contributed by atoms with van der Waals surface area (Å²) in [5.41, 5.74) is 7.66. The molecule has 29 heavy (non-hydrogen) atoms. The van der Waals surface area contributed by atoms with Gasteiger partial charge in [-0.3, -0.25) is 4.79 Å². The van der Waals surface area contributed by atoms with Gasteiger partial charge in [0.25, 0.3) is 0 Å². The third-order valence-corrected chi connectivity index (χ3v) is 8.95. The molecule has 1 saturated heterocycles. The molecule has 0 radical (unpaired) electrons. The molecule has 2 aliphatic carbocycles. The Labute approximate surface area is 177 Å². The molecular formula is C26H40N2O. The number of carbonyl (C=O) groups excluding carboxylic acids is 1. The van der Waals surface area contributed by atoms with Gasteiger partial charge >= 0.3 is 0 Å². The first-order valence-corrected chi connectivity index (χ1v) is 11.7. The summed E-state index contributed by atoms with van der Waals surface area (Å²) in [4.78, 5) is 16.1. The van der Waals surface area contributed by atoms with E-state index in [0.717, 1.165) is 32.4 Å². The molecule has 1 amide bonds. The molecule has 3 nitrogen and oxygen atoms in total. The highest BCUT2D eigenvalue weighted by Gasteiger charge is 2.56. The third-order valence-electron chi connectivity index (χ3n) is 8.95. The van der Waals surface area contributed by atoms with Crippen LogP contribution >= 0.6 is 0 Å². The van der Waals surface area contributed by atoms with Gasteiger partial charge < -0.3 is 10.6 Å². The van der Waals surface area contributed by atoms with Crippen molar-refractivity contribution in [2.24, 2.45) is 34.3 Å². The lowest BCUT2D eigenvalue weighted by atomic mass is 9.48. The summed E-state index contributed by atoms with van der Waals surface area (Å²) in [7, 11) is 0. The summed E-state index contributed by atoms with van der Waals surface area (Å²) in [6.45, 7) is 13.1. The zero-order valence-electron chi connectivity index (χ0n) is 19.1. The number of hydrogen-bond donors (Lipinski definition) is 1. The number of hydrogen-bond acceptors (Lipinski definition) is 2. The van der Waals surface area contributed by atoms with E-state index in [2.05, 4.69) is 69.9 Å². The molecule has 4 rings (SSSR count). The van der Waals surface area contributed by atoms with Crippen molar-refractivity contribution in [2.75, 3.05) is 13.1 Å². The van der Waals surface area contributed by atoms with Gasteiger partial charge in [-0.2, -0.15) is 0 Å². The first-order chi connectivity index (χ1) is 13.6. The zero-order valence-corrected chi connectivity index (χ0v) is 19.1. The van der Waals surface area contributed by atoms with E-state index in [1.165, 1.54) is 18.4 Å². The quantitative estimate of drug-likeness (QED) is 0.765. The fraction of sp³-hybridized carbons (Fsp3) is 0.731. The van der Waals surface area contributed by atoms with Crippen LogP contribution in [0.5, 0.6) is 0 Å². The molecule has 0 spiro atoms. The highest BCUT2D eigenvalue weighted by atomic mass is 16.2. The number of amides is 1. The molecule has 2 saturated carbocycles. The molecule has 0 aromatic heterocycles. The predicted octanol–water partition coefficient (Wildman–Crippen LogP) is 4.99. The number of rotatable bonds is 2. The Balaban J connectivity index is 1.66. The highest BCUT2D eigenvalue weighted by Crippen LogP contribution is 2.60. The lowest BCUT2D eigenvalue weighted by Crippen LogP contribution is -2.59. The van der Waals surface area contributed by atoms with Gasteiger partial charge in [-0.05, 0) is 66.3 Å². The molecule has 3 fully saturated rings. The maximum Gasteiger partial charge on any atom is 0.228 e. The minimum absolute atomic E-state index is 0.00622. The number of nitrogens with zero attached hydrogens (tertiary/aromatic N) is 1. The molecule has 1 aromatic carbocycles. The Morgan fingerprint density at radius 2 is 1.76 bits per heavy atom. The molecule has 1 aromatic rings. The molecule has 6 atom stereocenters. The average molecular weight is 397 g/mol. The Kier molecular flexibility index (Phi) is 5.13. The van der Waals surface area contributed by atoms with E-state index < -0.39 is 0 Å². The largest absolute Gasteiger partial charge is 0.342 e. The van der Waals surface area contributed by atoms with E-state index in [0.29, 0.717) is 23.7 Å². The predicted molar refractivity (Wildman–Crippen MR) is 119 cm³/mol. The van der Waals surface area contributed by atoms with Gasteiger partial charge in [0.1, 0.15) is 0 Å². The molecule has 160 valence electrons. The van der Waals surface area contributed by atoms with E-state index in [9.17, 15) is 4.79 Å². The van der Waals surface area contributed by atoms with Gasteiger partial charge in [-0.25, -0.2) is 0 Å². The van der Waals surface area contributed by atoms with E-state index >= 15 is 0 Å². The van der Waals surface area contributed by atoms with Crippen molar-refractivity contribution in [1.82, 2.24) is 4.90 Å². The maximum atomic E-state index is 13.9. The van der Waals surface area contributed by atoms with Crippen molar-refractivity contribution in [3.63, 3.8) is 0 Å². The van der Waals surface area contributed by atoms with Gasteiger partial charge in [0.2, 0.25) is 5.91 Å². The summed E-state index contributed by atoms with van der Waals surface area (Å²) in [5, 5.41) is 0. The van der Waals surface area contributed by atoms with Gasteiger partial charge in [0.05, 0.1) is 0 Å². The van der Waals surface area contributed by atoms with Crippen molar-refractivity contribution in [1.29, 1.82) is 0 Å². The number of carbonyl (C=O) groups is 1. The summed E-state index contributed by atoms with van der Waals surface area (Å²) in [6.07, 6.45) is 5.37. The van der Waals surface area contributed by atoms with E-state index in [4.69, 9.17) is 5.73 Å². The number of benzene rings is 1. The lowest BCUT2D eigenvalue weighted by molar-refractivity contribution is -0.152. The van der Waals surface area contributed by atoms with Crippen LogP contribution < -0.4 is 5.73 Å². The van der Waals surface area contributed by atoms with Crippen molar-refractivity contribution in [3.8, 4) is 0 Å². The molecule has 1 heterocycles. The zero-order chi connectivity index (χ0) is 21.0. The van der Waals surface area contributed by atoms with Crippen LogP contribution in [0.4, 0.5) is 0 Å². The second kappa shape index (κ2) is 7.11. The number of likely N-dealkylation sites (tertiary alicyclic amines) is 1. The van der Waals surface area contributed by atoms with Crippen LogP contribution in [0.1, 0.15) is 72.3 Å². The molecule has 3 aliphatic rings. The third kappa shape index (κ3) is 3.54.